The van der Waals surface area contributed by atoms with Gasteiger partial charge >= 0.3 is 0 Å². The first-order valence-electron chi connectivity index (χ1n) is 10.5. The zero-order chi connectivity index (χ0) is 21.2. The van der Waals surface area contributed by atoms with E-state index in [1.54, 1.807) is 6.20 Å². The van der Waals surface area contributed by atoms with Crippen LogP contribution in [0.2, 0.25) is 0 Å². The van der Waals surface area contributed by atoms with Crippen molar-refractivity contribution in [2.24, 2.45) is 0 Å². The lowest BCUT2D eigenvalue weighted by molar-refractivity contribution is 0.170. The monoisotopic (exact) mass is 402 g/mol. The second-order valence-corrected chi connectivity index (χ2v) is 9.32. The quantitative estimate of drug-likeness (QED) is 0.577. The molecule has 4 rings (SSSR count). The molecule has 2 N–H and O–H groups in total. The second-order valence-electron chi connectivity index (χ2n) is 9.32. The Morgan fingerprint density at radius 3 is 2.30 bits per heavy atom. The van der Waals surface area contributed by atoms with Gasteiger partial charge in [0.05, 0.1) is 5.56 Å². The van der Waals surface area contributed by atoms with Gasteiger partial charge in [0.1, 0.15) is 17.3 Å². The molecule has 0 radical (unpaired) electrons. The molecule has 1 aliphatic heterocycles. The second kappa shape index (κ2) is 8.07. The molecular weight excluding hydrogens is 372 g/mol. The van der Waals surface area contributed by atoms with Crippen molar-refractivity contribution in [3.63, 3.8) is 0 Å². The number of hydrogen-bond acceptors (Lipinski definition) is 5. The Morgan fingerprint density at radius 2 is 1.57 bits per heavy atom. The number of para-hydroxylation sites is 2. The topological polar surface area (TPSA) is 59.1 Å². The largest absolute Gasteiger partial charge is 0.457 e. The third-order valence-corrected chi connectivity index (χ3v) is 5.30. The van der Waals surface area contributed by atoms with Crippen molar-refractivity contribution >= 4 is 5.82 Å². The molecule has 1 aliphatic rings. The third kappa shape index (κ3) is 4.97. The van der Waals surface area contributed by atoms with Gasteiger partial charge in [0, 0.05) is 23.3 Å². The maximum atomic E-state index is 6.10. The van der Waals surface area contributed by atoms with Crippen LogP contribution in [-0.2, 0) is 0 Å². The molecule has 156 valence electrons. The van der Waals surface area contributed by atoms with Crippen LogP contribution in [0.25, 0.3) is 11.4 Å². The van der Waals surface area contributed by atoms with E-state index in [1.165, 1.54) is 0 Å². The minimum atomic E-state index is 0.0748. The summed E-state index contributed by atoms with van der Waals surface area (Å²) < 4.78 is 6.10. The summed E-state index contributed by atoms with van der Waals surface area (Å²) in [6, 6.07) is 19.9. The molecule has 0 spiro atoms. The van der Waals surface area contributed by atoms with Crippen molar-refractivity contribution in [3.8, 4) is 22.9 Å². The first-order chi connectivity index (χ1) is 14.3. The molecular formula is C25H30N4O. The Morgan fingerprint density at radius 1 is 0.900 bits per heavy atom. The van der Waals surface area contributed by atoms with Crippen molar-refractivity contribution < 1.29 is 4.74 Å². The summed E-state index contributed by atoms with van der Waals surface area (Å²) in [6.07, 6.45) is 3.87. The van der Waals surface area contributed by atoms with Gasteiger partial charge in [0.25, 0.3) is 0 Å². The Labute approximate surface area is 178 Å². The van der Waals surface area contributed by atoms with Crippen molar-refractivity contribution in [1.82, 2.24) is 15.3 Å². The van der Waals surface area contributed by atoms with E-state index in [9.17, 15) is 0 Å². The van der Waals surface area contributed by atoms with Crippen LogP contribution >= 0.6 is 0 Å². The molecule has 0 unspecified atom stereocenters. The van der Waals surface area contributed by atoms with Gasteiger partial charge < -0.3 is 15.4 Å². The summed E-state index contributed by atoms with van der Waals surface area (Å²) in [5, 5.41) is 7.37. The first-order valence-corrected chi connectivity index (χ1v) is 10.5. The third-order valence-electron chi connectivity index (χ3n) is 5.30. The lowest BCUT2D eigenvalue weighted by atomic mass is 9.79. The molecule has 0 bridgehead atoms. The maximum absolute atomic E-state index is 6.10. The molecule has 0 amide bonds. The van der Waals surface area contributed by atoms with Crippen LogP contribution in [0, 0.1) is 0 Å². The highest BCUT2D eigenvalue weighted by atomic mass is 16.5. The van der Waals surface area contributed by atoms with Crippen molar-refractivity contribution in [1.29, 1.82) is 0 Å². The maximum Gasteiger partial charge on any atom is 0.165 e. The smallest absolute Gasteiger partial charge is 0.165 e. The molecule has 1 aromatic heterocycles. The van der Waals surface area contributed by atoms with E-state index >= 15 is 0 Å². The van der Waals surface area contributed by atoms with Crippen LogP contribution in [-0.4, -0.2) is 27.1 Å². The average Bonchev–Trinajstić information content (AvgIpc) is 2.67. The molecule has 0 saturated carbocycles. The highest BCUT2D eigenvalue weighted by Gasteiger charge is 2.37. The summed E-state index contributed by atoms with van der Waals surface area (Å²) in [5.74, 6) is 3.02. The number of rotatable bonds is 5. The van der Waals surface area contributed by atoms with Crippen LogP contribution in [0.1, 0.15) is 40.5 Å². The van der Waals surface area contributed by atoms with Gasteiger partial charge in [-0.1, -0.05) is 30.3 Å². The molecule has 1 fully saturated rings. The van der Waals surface area contributed by atoms with Gasteiger partial charge in [-0.15, -0.1) is 0 Å². The van der Waals surface area contributed by atoms with E-state index < -0.39 is 0 Å². The van der Waals surface area contributed by atoms with Crippen molar-refractivity contribution in [2.45, 2.75) is 57.7 Å². The first kappa shape index (κ1) is 20.4. The fraction of sp³-hybridized carbons (Fsp3) is 0.360. The highest BCUT2D eigenvalue weighted by molar-refractivity contribution is 5.65. The highest BCUT2D eigenvalue weighted by Crippen LogP contribution is 2.33. The summed E-state index contributed by atoms with van der Waals surface area (Å²) in [4.78, 5) is 9.33. The Bertz CT molecular complexity index is 985. The average molecular weight is 403 g/mol. The summed E-state index contributed by atoms with van der Waals surface area (Å²) in [5.41, 5.74) is 1.02. The number of nitrogens with zero attached hydrogens (tertiary/aromatic N) is 2. The summed E-state index contributed by atoms with van der Waals surface area (Å²) >= 11 is 0. The number of benzene rings is 2. The summed E-state index contributed by atoms with van der Waals surface area (Å²) in [6.45, 7) is 9.02. The van der Waals surface area contributed by atoms with E-state index in [0.717, 1.165) is 35.7 Å². The lowest BCUT2D eigenvalue weighted by Crippen LogP contribution is -2.60. The molecule has 0 aliphatic carbocycles. The van der Waals surface area contributed by atoms with E-state index in [1.807, 2.05) is 60.7 Å². The van der Waals surface area contributed by atoms with Gasteiger partial charge in [0.2, 0.25) is 0 Å². The Balaban J connectivity index is 1.57. The SMILES string of the molecule is CC1(C)CC(Nc2ccnc(-c3ccccc3Oc3ccccc3)n2)CC(C)(C)N1. The van der Waals surface area contributed by atoms with Gasteiger partial charge in [-0.2, -0.15) is 0 Å². The van der Waals surface area contributed by atoms with Crippen LogP contribution in [0.15, 0.2) is 66.9 Å². The van der Waals surface area contributed by atoms with Crippen LogP contribution in [0.3, 0.4) is 0 Å². The zero-order valence-corrected chi connectivity index (χ0v) is 18.1. The molecule has 2 aromatic carbocycles. The number of anilines is 1. The van der Waals surface area contributed by atoms with Crippen LogP contribution in [0.4, 0.5) is 5.82 Å². The number of aromatic nitrogens is 2. The molecule has 1 saturated heterocycles. The van der Waals surface area contributed by atoms with Crippen LogP contribution < -0.4 is 15.4 Å². The predicted octanol–water partition coefficient (Wildman–Crippen LogP) is 5.66. The van der Waals surface area contributed by atoms with Crippen molar-refractivity contribution in [3.05, 3.63) is 66.9 Å². The van der Waals surface area contributed by atoms with Gasteiger partial charge in [-0.3, -0.25) is 0 Å². The molecule has 5 heteroatoms. The van der Waals surface area contributed by atoms with Gasteiger partial charge in [0.15, 0.2) is 5.82 Å². The fourth-order valence-corrected chi connectivity index (χ4v) is 4.56. The molecule has 30 heavy (non-hydrogen) atoms. The number of hydrogen-bond donors (Lipinski definition) is 2. The number of piperidine rings is 1. The van der Waals surface area contributed by atoms with Crippen LogP contribution in [0.5, 0.6) is 11.5 Å². The standard InChI is InChI=1S/C25H30N4O/c1-24(2)16-18(17-25(3,4)29-24)27-22-14-15-26-23(28-22)20-12-8-9-13-21(20)30-19-10-6-5-7-11-19/h5-15,18,29H,16-17H2,1-4H3,(H,26,27,28). The number of nitrogens with one attached hydrogen (secondary N) is 2. The normalized spacial score (nSPS) is 18.0. The number of ether oxygens (including phenoxy) is 1. The molecule has 3 aromatic rings. The Hall–Kier alpha value is -2.92. The molecule has 2 heterocycles. The minimum Gasteiger partial charge on any atom is -0.457 e. The zero-order valence-electron chi connectivity index (χ0n) is 18.1. The van der Waals surface area contributed by atoms with Crippen molar-refractivity contribution in [2.75, 3.05) is 5.32 Å². The lowest BCUT2D eigenvalue weighted by Gasteiger charge is -2.46. The Kier molecular flexibility index (Phi) is 5.48. The van der Waals surface area contributed by atoms with E-state index in [0.29, 0.717) is 11.9 Å². The summed E-state index contributed by atoms with van der Waals surface area (Å²) in [7, 11) is 0. The predicted molar refractivity (Wildman–Crippen MR) is 122 cm³/mol. The molecule has 0 atom stereocenters. The van der Waals surface area contributed by atoms with Gasteiger partial charge in [-0.05, 0) is 70.9 Å². The van der Waals surface area contributed by atoms with Gasteiger partial charge in [-0.25, -0.2) is 9.97 Å². The van der Waals surface area contributed by atoms with E-state index in [4.69, 9.17) is 9.72 Å². The minimum absolute atomic E-state index is 0.0748. The van der Waals surface area contributed by atoms with E-state index in [2.05, 4.69) is 43.3 Å². The van der Waals surface area contributed by atoms with E-state index in [-0.39, 0.29) is 11.1 Å². The fourth-order valence-electron chi connectivity index (χ4n) is 4.56. The molecule has 5 nitrogen and oxygen atoms in total.